The number of sulfonamides is 1. The first-order valence-electron chi connectivity index (χ1n) is 14.1. The van der Waals surface area contributed by atoms with Crippen LogP contribution < -0.4 is 0 Å². The molecule has 0 radical (unpaired) electrons. The standard InChI is InChI=1S/C37H31NO2S/c1-27-21-23-32(24-22-27)41(39,40)38-26-31(28-13-5-2-6-14-28)25-37(38)34-20-12-11-19-33(34)35(29-15-7-3-8-16-29)36(37)30-17-9-4-10-18-30/h2-24,31H,25-26H2,1H3/t31?,37-/m1/s1. The quantitative estimate of drug-likeness (QED) is 0.221. The maximum atomic E-state index is 14.8. The summed E-state index contributed by atoms with van der Waals surface area (Å²) in [6.45, 7) is 2.38. The predicted octanol–water partition coefficient (Wildman–Crippen LogP) is 8.04. The van der Waals surface area contributed by atoms with E-state index < -0.39 is 15.6 Å². The first-order valence-corrected chi connectivity index (χ1v) is 15.5. The van der Waals surface area contributed by atoms with Crippen LogP contribution in [0.1, 0.15) is 45.7 Å². The molecule has 5 aromatic rings. The molecular weight excluding hydrogens is 522 g/mol. The molecule has 1 unspecified atom stereocenters. The van der Waals surface area contributed by atoms with Gasteiger partial charge in [-0.2, -0.15) is 4.31 Å². The van der Waals surface area contributed by atoms with E-state index >= 15 is 0 Å². The Bertz CT molecular complexity index is 1850. The molecule has 7 rings (SSSR count). The SMILES string of the molecule is Cc1ccc(S(=O)(=O)N2CC(c3ccccc3)C[C@@]23C(c2ccccc2)=C(c2ccccc2)c2ccccc23)cc1. The third kappa shape index (κ3) is 4.09. The molecule has 0 bridgehead atoms. The Balaban J connectivity index is 1.57. The van der Waals surface area contributed by atoms with Crippen LogP contribution in [0.3, 0.4) is 0 Å². The molecule has 1 aliphatic carbocycles. The molecule has 1 heterocycles. The molecule has 1 spiro atoms. The average Bonchev–Trinajstić information content (AvgIpc) is 3.56. The zero-order valence-corrected chi connectivity index (χ0v) is 23.8. The van der Waals surface area contributed by atoms with Crippen LogP contribution in [0, 0.1) is 6.92 Å². The van der Waals surface area contributed by atoms with Gasteiger partial charge in [0.2, 0.25) is 10.0 Å². The van der Waals surface area contributed by atoms with E-state index in [4.69, 9.17) is 0 Å². The molecule has 2 aliphatic rings. The van der Waals surface area contributed by atoms with Crippen molar-refractivity contribution in [1.29, 1.82) is 0 Å². The smallest absolute Gasteiger partial charge is 0.207 e. The molecule has 0 N–H and O–H groups in total. The molecule has 4 heteroatoms. The minimum Gasteiger partial charge on any atom is -0.207 e. The van der Waals surface area contributed by atoms with E-state index in [-0.39, 0.29) is 5.92 Å². The second kappa shape index (κ2) is 9.99. The lowest BCUT2D eigenvalue weighted by atomic mass is 9.78. The van der Waals surface area contributed by atoms with E-state index in [0.717, 1.165) is 44.5 Å². The summed E-state index contributed by atoms with van der Waals surface area (Å²) in [6.07, 6.45) is 0.652. The van der Waals surface area contributed by atoms with Crippen molar-refractivity contribution < 1.29 is 8.42 Å². The van der Waals surface area contributed by atoms with E-state index in [1.807, 2.05) is 71.9 Å². The van der Waals surface area contributed by atoms with Gasteiger partial charge in [0, 0.05) is 12.5 Å². The summed E-state index contributed by atoms with van der Waals surface area (Å²) in [5.74, 6) is 0.0262. The van der Waals surface area contributed by atoms with Gasteiger partial charge < -0.3 is 0 Å². The van der Waals surface area contributed by atoms with Crippen molar-refractivity contribution in [3.8, 4) is 0 Å². The molecule has 0 aromatic heterocycles. The van der Waals surface area contributed by atoms with Crippen molar-refractivity contribution >= 4 is 21.2 Å². The van der Waals surface area contributed by atoms with Gasteiger partial charge in [-0.3, -0.25) is 0 Å². The molecular formula is C37H31NO2S. The summed E-state index contributed by atoms with van der Waals surface area (Å²) in [5, 5.41) is 0. The van der Waals surface area contributed by atoms with E-state index in [1.54, 1.807) is 12.1 Å². The largest absolute Gasteiger partial charge is 0.244 e. The van der Waals surface area contributed by atoms with Crippen LogP contribution in [0.25, 0.3) is 11.1 Å². The molecule has 0 amide bonds. The zero-order chi connectivity index (χ0) is 28.0. The molecule has 1 fully saturated rings. The van der Waals surface area contributed by atoms with E-state index in [9.17, 15) is 8.42 Å². The summed E-state index contributed by atoms with van der Waals surface area (Å²) in [7, 11) is -3.88. The number of hydrogen-bond donors (Lipinski definition) is 0. The van der Waals surface area contributed by atoms with Crippen molar-refractivity contribution in [2.24, 2.45) is 0 Å². The summed E-state index contributed by atoms with van der Waals surface area (Å²) >= 11 is 0. The van der Waals surface area contributed by atoms with Crippen molar-refractivity contribution in [2.75, 3.05) is 6.54 Å². The van der Waals surface area contributed by atoms with Crippen LogP contribution in [0.5, 0.6) is 0 Å². The fraction of sp³-hybridized carbons (Fsp3) is 0.135. The Labute approximate surface area is 242 Å². The van der Waals surface area contributed by atoms with Crippen molar-refractivity contribution in [3.05, 3.63) is 173 Å². The van der Waals surface area contributed by atoms with Gasteiger partial charge in [0.15, 0.2) is 0 Å². The summed E-state index contributed by atoms with van der Waals surface area (Å²) in [4.78, 5) is 0.328. The van der Waals surface area contributed by atoms with Gasteiger partial charge in [-0.1, -0.05) is 133 Å². The second-order valence-corrected chi connectivity index (χ2v) is 12.9. The lowest BCUT2D eigenvalue weighted by Gasteiger charge is -2.38. The number of rotatable bonds is 5. The highest BCUT2D eigenvalue weighted by atomic mass is 32.2. The van der Waals surface area contributed by atoms with Crippen LogP contribution in [-0.4, -0.2) is 19.3 Å². The van der Waals surface area contributed by atoms with Gasteiger partial charge in [-0.25, -0.2) is 8.42 Å². The Morgan fingerprint density at radius 1 is 0.659 bits per heavy atom. The van der Waals surface area contributed by atoms with Crippen LogP contribution in [0.15, 0.2) is 144 Å². The molecule has 1 aliphatic heterocycles. The minimum absolute atomic E-state index is 0.0262. The molecule has 0 saturated carbocycles. The van der Waals surface area contributed by atoms with Crippen LogP contribution >= 0.6 is 0 Å². The second-order valence-electron chi connectivity index (χ2n) is 11.0. The highest BCUT2D eigenvalue weighted by molar-refractivity contribution is 7.89. The summed E-state index contributed by atoms with van der Waals surface area (Å²) < 4.78 is 31.5. The lowest BCUT2D eigenvalue weighted by Crippen LogP contribution is -2.44. The van der Waals surface area contributed by atoms with Crippen LogP contribution in [0.4, 0.5) is 0 Å². The summed E-state index contributed by atoms with van der Waals surface area (Å²) in [5.41, 5.74) is 7.74. The minimum atomic E-state index is -3.88. The average molecular weight is 554 g/mol. The molecule has 2 atom stereocenters. The Hall–Kier alpha value is -4.25. The number of nitrogens with zero attached hydrogens (tertiary/aromatic N) is 1. The molecule has 202 valence electrons. The summed E-state index contributed by atoms with van der Waals surface area (Å²) in [6, 6.07) is 46.8. The van der Waals surface area contributed by atoms with Crippen molar-refractivity contribution in [3.63, 3.8) is 0 Å². The number of benzene rings is 5. The van der Waals surface area contributed by atoms with E-state index in [2.05, 4.69) is 66.7 Å². The zero-order valence-electron chi connectivity index (χ0n) is 22.9. The van der Waals surface area contributed by atoms with Gasteiger partial charge in [0.05, 0.1) is 10.4 Å². The van der Waals surface area contributed by atoms with E-state index in [0.29, 0.717) is 17.9 Å². The lowest BCUT2D eigenvalue weighted by molar-refractivity contribution is 0.324. The van der Waals surface area contributed by atoms with Gasteiger partial charge in [-0.05, 0) is 64.4 Å². The van der Waals surface area contributed by atoms with Gasteiger partial charge in [0.25, 0.3) is 0 Å². The first-order chi connectivity index (χ1) is 20.0. The van der Waals surface area contributed by atoms with Crippen molar-refractivity contribution in [1.82, 2.24) is 4.31 Å². The Morgan fingerprint density at radius 3 is 1.88 bits per heavy atom. The third-order valence-electron chi connectivity index (χ3n) is 8.66. The highest BCUT2D eigenvalue weighted by Crippen LogP contribution is 2.62. The Morgan fingerprint density at radius 2 is 1.22 bits per heavy atom. The van der Waals surface area contributed by atoms with Gasteiger partial charge in [0.1, 0.15) is 0 Å². The normalized spacial score (nSPS) is 20.5. The van der Waals surface area contributed by atoms with Gasteiger partial charge in [-0.15, -0.1) is 0 Å². The van der Waals surface area contributed by atoms with Crippen LogP contribution in [0.2, 0.25) is 0 Å². The first kappa shape index (κ1) is 25.7. The molecule has 3 nitrogen and oxygen atoms in total. The highest BCUT2D eigenvalue weighted by Gasteiger charge is 2.59. The third-order valence-corrected chi connectivity index (χ3v) is 10.6. The number of hydrogen-bond acceptors (Lipinski definition) is 2. The number of aryl methyl sites for hydroxylation is 1. The topological polar surface area (TPSA) is 37.4 Å². The van der Waals surface area contributed by atoms with Crippen LogP contribution in [-0.2, 0) is 15.6 Å². The van der Waals surface area contributed by atoms with E-state index in [1.165, 1.54) is 0 Å². The Kier molecular flexibility index (Phi) is 6.26. The molecule has 1 saturated heterocycles. The fourth-order valence-electron chi connectivity index (χ4n) is 6.87. The predicted molar refractivity (Wildman–Crippen MR) is 166 cm³/mol. The molecule has 5 aromatic carbocycles. The van der Waals surface area contributed by atoms with Crippen molar-refractivity contribution in [2.45, 2.75) is 29.7 Å². The van der Waals surface area contributed by atoms with Gasteiger partial charge >= 0.3 is 0 Å². The maximum Gasteiger partial charge on any atom is 0.244 e. The fourth-order valence-corrected chi connectivity index (χ4v) is 8.65. The monoisotopic (exact) mass is 553 g/mol. The number of fused-ring (bicyclic) bond motifs is 2. The maximum absolute atomic E-state index is 14.8. The molecule has 41 heavy (non-hydrogen) atoms.